The van der Waals surface area contributed by atoms with Gasteiger partial charge in [-0.3, -0.25) is 4.99 Å². The molecule has 164 valence electrons. The van der Waals surface area contributed by atoms with E-state index in [4.69, 9.17) is 14.2 Å². The molecule has 29 heavy (non-hydrogen) atoms. The lowest BCUT2D eigenvalue weighted by Crippen LogP contribution is -2.47. The molecule has 6 nitrogen and oxygen atoms in total. The van der Waals surface area contributed by atoms with Crippen LogP contribution in [0, 0.1) is 0 Å². The molecule has 2 fully saturated rings. The van der Waals surface area contributed by atoms with Crippen molar-refractivity contribution in [2.75, 3.05) is 47.0 Å². The van der Waals surface area contributed by atoms with E-state index < -0.39 is 0 Å². The van der Waals surface area contributed by atoms with E-state index in [0.717, 1.165) is 70.2 Å². The second-order valence-corrected chi connectivity index (χ2v) is 7.54. The maximum Gasteiger partial charge on any atom is 0.193 e. The van der Waals surface area contributed by atoms with Crippen molar-refractivity contribution in [3.8, 4) is 5.75 Å². The maximum atomic E-state index is 6.12. The van der Waals surface area contributed by atoms with Crippen LogP contribution in [0.2, 0.25) is 0 Å². The summed E-state index contributed by atoms with van der Waals surface area (Å²) in [5.74, 6) is 1.92. The average Bonchev–Trinajstić information content (AvgIpc) is 2.77. The molecular weight excluding hydrogens is 481 g/mol. The number of rotatable bonds is 7. The first-order chi connectivity index (χ1) is 13.8. The molecule has 2 aliphatic rings. The molecule has 0 amide bonds. The van der Waals surface area contributed by atoms with Gasteiger partial charge in [0.2, 0.25) is 0 Å². The summed E-state index contributed by atoms with van der Waals surface area (Å²) in [6, 6.07) is 8.17. The quantitative estimate of drug-likeness (QED) is 0.341. The number of nitrogens with one attached hydrogen (secondary N) is 1. The van der Waals surface area contributed by atoms with Crippen LogP contribution in [0.1, 0.15) is 37.7 Å². The van der Waals surface area contributed by atoms with Gasteiger partial charge in [-0.1, -0.05) is 18.2 Å². The normalized spacial score (nSPS) is 20.8. The van der Waals surface area contributed by atoms with E-state index in [1.165, 1.54) is 18.4 Å². The third-order valence-electron chi connectivity index (χ3n) is 5.62. The number of aliphatic imine (C=N–C) groups is 1. The molecule has 2 aliphatic heterocycles. The van der Waals surface area contributed by atoms with Crippen LogP contribution in [0.4, 0.5) is 0 Å². The second-order valence-electron chi connectivity index (χ2n) is 7.54. The zero-order valence-electron chi connectivity index (χ0n) is 17.8. The van der Waals surface area contributed by atoms with Crippen LogP contribution >= 0.6 is 24.0 Å². The molecule has 0 aliphatic carbocycles. The lowest BCUT2D eigenvalue weighted by molar-refractivity contribution is -0.0721. The maximum absolute atomic E-state index is 6.12. The van der Waals surface area contributed by atoms with Gasteiger partial charge in [0, 0.05) is 33.3 Å². The molecule has 2 heterocycles. The molecule has 1 N–H and O–H groups in total. The Morgan fingerprint density at radius 1 is 1.21 bits per heavy atom. The van der Waals surface area contributed by atoms with Gasteiger partial charge in [0.1, 0.15) is 5.75 Å². The smallest absolute Gasteiger partial charge is 0.193 e. The number of hydrogen-bond donors (Lipinski definition) is 1. The van der Waals surface area contributed by atoms with Gasteiger partial charge >= 0.3 is 0 Å². The fourth-order valence-corrected chi connectivity index (χ4v) is 3.97. The minimum atomic E-state index is 0. The van der Waals surface area contributed by atoms with Crippen LogP contribution in [0.25, 0.3) is 0 Å². The number of methoxy groups -OCH3 is 1. The standard InChI is InChI=1S/C22H35N3O3.HI/c1-23-22(24-13-10-18-7-3-4-9-21(18)26-2)25-14-11-19(12-15-25)28-17-20-8-5-6-16-27-20;/h3-4,7,9,19-20H,5-6,8,10-17H2,1-2H3,(H,23,24);1H. The summed E-state index contributed by atoms with van der Waals surface area (Å²) in [7, 11) is 3.58. The van der Waals surface area contributed by atoms with E-state index in [0.29, 0.717) is 12.2 Å². The fourth-order valence-electron chi connectivity index (χ4n) is 3.97. The summed E-state index contributed by atoms with van der Waals surface area (Å²) in [6.45, 7) is 4.43. The van der Waals surface area contributed by atoms with Gasteiger partial charge in [-0.05, 0) is 50.2 Å². The molecule has 1 aromatic rings. The molecule has 0 spiro atoms. The van der Waals surface area contributed by atoms with Crippen molar-refractivity contribution in [1.82, 2.24) is 10.2 Å². The summed E-state index contributed by atoms with van der Waals surface area (Å²) in [4.78, 5) is 6.80. The monoisotopic (exact) mass is 517 g/mol. The van der Waals surface area contributed by atoms with Gasteiger partial charge in [-0.25, -0.2) is 0 Å². The Balaban J connectivity index is 0.00000300. The zero-order chi connectivity index (χ0) is 19.6. The number of nitrogens with zero attached hydrogens (tertiary/aromatic N) is 2. The highest BCUT2D eigenvalue weighted by Gasteiger charge is 2.23. The summed E-state index contributed by atoms with van der Waals surface area (Å²) >= 11 is 0. The van der Waals surface area contributed by atoms with E-state index in [-0.39, 0.29) is 24.0 Å². The summed E-state index contributed by atoms with van der Waals surface area (Å²) in [5, 5.41) is 3.50. The van der Waals surface area contributed by atoms with Crippen LogP contribution in [-0.4, -0.2) is 70.1 Å². The van der Waals surface area contributed by atoms with Crippen molar-refractivity contribution in [1.29, 1.82) is 0 Å². The number of likely N-dealkylation sites (tertiary alicyclic amines) is 1. The third-order valence-corrected chi connectivity index (χ3v) is 5.62. The molecule has 1 aromatic carbocycles. The Bertz CT molecular complexity index is 615. The Morgan fingerprint density at radius 2 is 2.00 bits per heavy atom. The Hall–Kier alpha value is -1.06. The summed E-state index contributed by atoms with van der Waals surface area (Å²) in [5.41, 5.74) is 1.21. The fraction of sp³-hybridized carbons (Fsp3) is 0.682. The third kappa shape index (κ3) is 7.61. The van der Waals surface area contributed by atoms with Crippen molar-refractivity contribution >= 4 is 29.9 Å². The minimum absolute atomic E-state index is 0. The van der Waals surface area contributed by atoms with Gasteiger partial charge in [0.05, 0.1) is 25.9 Å². The number of halogens is 1. The van der Waals surface area contributed by atoms with E-state index in [1.54, 1.807) is 7.11 Å². The van der Waals surface area contributed by atoms with E-state index in [2.05, 4.69) is 27.3 Å². The first-order valence-electron chi connectivity index (χ1n) is 10.6. The highest BCUT2D eigenvalue weighted by Crippen LogP contribution is 2.19. The van der Waals surface area contributed by atoms with Gasteiger partial charge in [0.25, 0.3) is 0 Å². The number of guanidine groups is 1. The highest BCUT2D eigenvalue weighted by molar-refractivity contribution is 14.0. The van der Waals surface area contributed by atoms with Crippen molar-refractivity contribution in [3.63, 3.8) is 0 Å². The predicted molar refractivity (Wildman–Crippen MR) is 128 cm³/mol. The number of benzene rings is 1. The van der Waals surface area contributed by atoms with Gasteiger partial charge in [0.15, 0.2) is 5.96 Å². The largest absolute Gasteiger partial charge is 0.496 e. The molecule has 0 saturated carbocycles. The molecule has 3 rings (SSSR count). The molecule has 0 bridgehead atoms. The molecule has 7 heteroatoms. The summed E-state index contributed by atoms with van der Waals surface area (Å²) < 4.78 is 17.3. The lowest BCUT2D eigenvalue weighted by atomic mass is 10.1. The van der Waals surface area contributed by atoms with E-state index in [9.17, 15) is 0 Å². The second kappa shape index (κ2) is 13.3. The van der Waals surface area contributed by atoms with Crippen molar-refractivity contribution in [2.24, 2.45) is 4.99 Å². The predicted octanol–water partition coefficient (Wildman–Crippen LogP) is 3.48. The summed E-state index contributed by atoms with van der Waals surface area (Å²) in [6.07, 6.45) is 7.23. The molecule has 1 unspecified atom stereocenters. The average molecular weight is 517 g/mol. The van der Waals surface area contributed by atoms with Crippen LogP contribution < -0.4 is 10.1 Å². The van der Waals surface area contributed by atoms with Gasteiger partial charge in [-0.2, -0.15) is 0 Å². The number of hydrogen-bond acceptors (Lipinski definition) is 4. The number of ether oxygens (including phenoxy) is 3. The Morgan fingerprint density at radius 3 is 2.69 bits per heavy atom. The van der Waals surface area contributed by atoms with E-state index >= 15 is 0 Å². The van der Waals surface area contributed by atoms with Gasteiger partial charge in [-0.15, -0.1) is 24.0 Å². The Labute approximate surface area is 192 Å². The molecular formula is C22H36IN3O3. The first kappa shape index (κ1) is 24.2. The molecule has 0 radical (unpaired) electrons. The topological polar surface area (TPSA) is 55.3 Å². The SMILES string of the molecule is CN=C(NCCc1ccccc1OC)N1CCC(OCC2CCCCO2)CC1.I. The molecule has 1 atom stereocenters. The zero-order valence-corrected chi connectivity index (χ0v) is 20.1. The van der Waals surface area contributed by atoms with Crippen LogP contribution in [-0.2, 0) is 15.9 Å². The first-order valence-corrected chi connectivity index (χ1v) is 10.6. The van der Waals surface area contributed by atoms with Crippen molar-refractivity contribution in [2.45, 2.75) is 50.7 Å². The van der Waals surface area contributed by atoms with Crippen molar-refractivity contribution < 1.29 is 14.2 Å². The van der Waals surface area contributed by atoms with E-state index in [1.807, 2.05) is 19.2 Å². The highest BCUT2D eigenvalue weighted by atomic mass is 127. The Kier molecular flexibility index (Phi) is 11.1. The molecule has 0 aromatic heterocycles. The number of piperidine rings is 1. The van der Waals surface area contributed by atoms with Gasteiger partial charge < -0.3 is 24.4 Å². The molecule has 2 saturated heterocycles. The number of para-hydroxylation sites is 1. The van der Waals surface area contributed by atoms with Crippen molar-refractivity contribution in [3.05, 3.63) is 29.8 Å². The lowest BCUT2D eigenvalue weighted by Gasteiger charge is -2.35. The van der Waals surface area contributed by atoms with Crippen LogP contribution in [0.3, 0.4) is 0 Å². The van der Waals surface area contributed by atoms with Crippen LogP contribution in [0.5, 0.6) is 5.75 Å². The van der Waals surface area contributed by atoms with Crippen LogP contribution in [0.15, 0.2) is 29.3 Å². The minimum Gasteiger partial charge on any atom is -0.496 e.